The standard InChI is InChI=1S/C13H16N2OS/c1-8-3-4-10(9(2)5-8)13-15-11(7-17-13)12(16)6-14/h3-5,7,12,16H,6,14H2,1-2H3. The summed E-state index contributed by atoms with van der Waals surface area (Å²) in [6.45, 7) is 4.35. The lowest BCUT2D eigenvalue weighted by atomic mass is 10.1. The van der Waals surface area contributed by atoms with E-state index in [1.807, 2.05) is 5.38 Å². The van der Waals surface area contributed by atoms with Crippen LogP contribution in [0.4, 0.5) is 0 Å². The van der Waals surface area contributed by atoms with Gasteiger partial charge in [0.2, 0.25) is 0 Å². The lowest BCUT2D eigenvalue weighted by Gasteiger charge is -2.04. The molecule has 1 unspecified atom stereocenters. The Morgan fingerprint density at radius 2 is 2.18 bits per heavy atom. The van der Waals surface area contributed by atoms with Crippen LogP contribution in [0.1, 0.15) is 22.9 Å². The van der Waals surface area contributed by atoms with Gasteiger partial charge >= 0.3 is 0 Å². The first kappa shape index (κ1) is 12.2. The van der Waals surface area contributed by atoms with E-state index >= 15 is 0 Å². The predicted octanol–water partition coefficient (Wildman–Crippen LogP) is 2.42. The predicted molar refractivity (Wildman–Crippen MR) is 71.0 cm³/mol. The quantitative estimate of drug-likeness (QED) is 0.877. The number of hydrogen-bond acceptors (Lipinski definition) is 4. The van der Waals surface area contributed by atoms with E-state index in [-0.39, 0.29) is 6.54 Å². The first-order valence-electron chi connectivity index (χ1n) is 5.53. The summed E-state index contributed by atoms with van der Waals surface area (Å²) in [6.07, 6.45) is -0.661. The number of aryl methyl sites for hydroxylation is 2. The van der Waals surface area contributed by atoms with Crippen molar-refractivity contribution in [3.8, 4) is 10.6 Å². The topological polar surface area (TPSA) is 59.1 Å². The van der Waals surface area contributed by atoms with Crippen molar-refractivity contribution in [2.24, 2.45) is 5.73 Å². The van der Waals surface area contributed by atoms with Crippen LogP contribution < -0.4 is 5.73 Å². The minimum atomic E-state index is -0.661. The summed E-state index contributed by atoms with van der Waals surface area (Å²) in [5.74, 6) is 0. The fraction of sp³-hybridized carbons (Fsp3) is 0.308. The molecule has 0 amide bonds. The first-order chi connectivity index (χ1) is 8.11. The molecule has 0 saturated heterocycles. The van der Waals surface area contributed by atoms with Crippen LogP contribution in [0.3, 0.4) is 0 Å². The Kier molecular flexibility index (Phi) is 3.57. The summed E-state index contributed by atoms with van der Waals surface area (Å²) in [4.78, 5) is 4.43. The van der Waals surface area contributed by atoms with Gasteiger partial charge in [-0.1, -0.05) is 23.8 Å². The van der Waals surface area contributed by atoms with Crippen LogP contribution >= 0.6 is 11.3 Å². The molecule has 0 saturated carbocycles. The minimum absolute atomic E-state index is 0.204. The van der Waals surface area contributed by atoms with Gasteiger partial charge in [0.15, 0.2) is 0 Å². The van der Waals surface area contributed by atoms with Crippen LogP contribution in [0.25, 0.3) is 10.6 Å². The van der Waals surface area contributed by atoms with Crippen LogP contribution in [-0.2, 0) is 0 Å². The molecule has 0 bridgehead atoms. The van der Waals surface area contributed by atoms with E-state index in [2.05, 4.69) is 37.0 Å². The van der Waals surface area contributed by atoms with E-state index in [9.17, 15) is 5.11 Å². The number of nitrogens with zero attached hydrogens (tertiary/aromatic N) is 1. The fourth-order valence-corrected chi connectivity index (χ4v) is 2.69. The van der Waals surface area contributed by atoms with Crippen molar-refractivity contribution < 1.29 is 5.11 Å². The van der Waals surface area contributed by atoms with E-state index in [0.717, 1.165) is 10.6 Å². The highest BCUT2D eigenvalue weighted by molar-refractivity contribution is 7.13. The third kappa shape index (κ3) is 2.54. The average molecular weight is 248 g/mol. The lowest BCUT2D eigenvalue weighted by Crippen LogP contribution is -2.11. The van der Waals surface area contributed by atoms with Gasteiger partial charge in [0.1, 0.15) is 11.1 Å². The van der Waals surface area contributed by atoms with E-state index < -0.39 is 6.10 Å². The Labute approximate surface area is 105 Å². The average Bonchev–Trinajstić information content (AvgIpc) is 2.77. The van der Waals surface area contributed by atoms with Crippen molar-refractivity contribution in [2.45, 2.75) is 20.0 Å². The van der Waals surface area contributed by atoms with Gasteiger partial charge in [0.05, 0.1) is 5.69 Å². The van der Waals surface area contributed by atoms with Crippen LogP contribution in [-0.4, -0.2) is 16.6 Å². The van der Waals surface area contributed by atoms with Crippen molar-refractivity contribution in [3.63, 3.8) is 0 Å². The van der Waals surface area contributed by atoms with Crippen molar-refractivity contribution in [1.29, 1.82) is 0 Å². The van der Waals surface area contributed by atoms with E-state index in [1.165, 1.54) is 22.5 Å². The molecule has 0 radical (unpaired) electrons. The number of hydrogen-bond donors (Lipinski definition) is 2. The second-order valence-electron chi connectivity index (χ2n) is 4.15. The highest BCUT2D eigenvalue weighted by Gasteiger charge is 2.12. The van der Waals surface area contributed by atoms with Crippen LogP contribution in [0.5, 0.6) is 0 Å². The summed E-state index contributed by atoms with van der Waals surface area (Å²) in [6, 6.07) is 6.28. The van der Waals surface area contributed by atoms with Crippen LogP contribution in [0.15, 0.2) is 23.6 Å². The molecule has 2 rings (SSSR count). The Bertz CT molecular complexity index is 522. The first-order valence-corrected chi connectivity index (χ1v) is 6.41. The molecule has 2 aromatic rings. The van der Waals surface area contributed by atoms with Gasteiger partial charge < -0.3 is 10.8 Å². The Morgan fingerprint density at radius 3 is 2.82 bits per heavy atom. The van der Waals surface area contributed by atoms with Gasteiger partial charge in [-0.25, -0.2) is 4.98 Å². The second-order valence-corrected chi connectivity index (χ2v) is 5.01. The number of aliphatic hydroxyl groups is 1. The van der Waals surface area contributed by atoms with Crippen LogP contribution in [0, 0.1) is 13.8 Å². The number of rotatable bonds is 3. The number of benzene rings is 1. The SMILES string of the molecule is Cc1ccc(-c2nc(C(O)CN)cs2)c(C)c1. The molecule has 90 valence electrons. The van der Waals surface area contributed by atoms with Crippen molar-refractivity contribution >= 4 is 11.3 Å². The smallest absolute Gasteiger partial charge is 0.123 e. The van der Waals surface area contributed by atoms with Crippen molar-refractivity contribution in [3.05, 3.63) is 40.4 Å². The summed E-state index contributed by atoms with van der Waals surface area (Å²) < 4.78 is 0. The normalized spacial score (nSPS) is 12.7. The zero-order chi connectivity index (χ0) is 12.4. The number of aliphatic hydroxyl groups excluding tert-OH is 1. The molecule has 0 fully saturated rings. The Morgan fingerprint density at radius 1 is 1.41 bits per heavy atom. The third-order valence-electron chi connectivity index (χ3n) is 2.70. The molecular formula is C13H16N2OS. The largest absolute Gasteiger partial charge is 0.385 e. The summed E-state index contributed by atoms with van der Waals surface area (Å²) >= 11 is 1.54. The van der Waals surface area contributed by atoms with Gasteiger partial charge in [-0.2, -0.15) is 0 Å². The van der Waals surface area contributed by atoms with Gasteiger partial charge in [0.25, 0.3) is 0 Å². The van der Waals surface area contributed by atoms with Gasteiger partial charge in [-0.05, 0) is 19.4 Å². The summed E-state index contributed by atoms with van der Waals surface area (Å²) in [7, 11) is 0. The van der Waals surface area contributed by atoms with Gasteiger partial charge in [-0.3, -0.25) is 0 Å². The highest BCUT2D eigenvalue weighted by atomic mass is 32.1. The molecule has 0 aliphatic carbocycles. The summed E-state index contributed by atoms with van der Waals surface area (Å²) in [5, 5.41) is 12.4. The van der Waals surface area contributed by atoms with E-state index in [0.29, 0.717) is 5.69 Å². The van der Waals surface area contributed by atoms with Crippen LogP contribution in [0.2, 0.25) is 0 Å². The fourth-order valence-electron chi connectivity index (χ4n) is 1.74. The lowest BCUT2D eigenvalue weighted by molar-refractivity contribution is 0.182. The molecule has 1 heterocycles. The molecule has 17 heavy (non-hydrogen) atoms. The highest BCUT2D eigenvalue weighted by Crippen LogP contribution is 2.28. The molecule has 4 heteroatoms. The number of nitrogens with two attached hydrogens (primary N) is 1. The molecule has 1 aromatic carbocycles. The number of aromatic nitrogens is 1. The summed E-state index contributed by atoms with van der Waals surface area (Å²) in [5.41, 5.74) is 9.64. The monoisotopic (exact) mass is 248 g/mol. The molecule has 1 atom stereocenters. The van der Waals surface area contributed by atoms with Gasteiger partial charge in [0, 0.05) is 17.5 Å². The molecule has 0 spiro atoms. The zero-order valence-corrected chi connectivity index (χ0v) is 10.8. The third-order valence-corrected chi connectivity index (χ3v) is 3.59. The van der Waals surface area contributed by atoms with Crippen molar-refractivity contribution in [1.82, 2.24) is 4.98 Å². The molecule has 0 aliphatic heterocycles. The molecule has 0 aliphatic rings. The molecular weight excluding hydrogens is 232 g/mol. The number of thiazole rings is 1. The van der Waals surface area contributed by atoms with E-state index in [4.69, 9.17) is 5.73 Å². The molecule has 3 nitrogen and oxygen atoms in total. The Balaban J connectivity index is 2.37. The maximum absolute atomic E-state index is 9.62. The molecule has 3 N–H and O–H groups in total. The maximum Gasteiger partial charge on any atom is 0.123 e. The minimum Gasteiger partial charge on any atom is -0.385 e. The maximum atomic E-state index is 9.62. The second kappa shape index (κ2) is 4.96. The van der Waals surface area contributed by atoms with Gasteiger partial charge in [-0.15, -0.1) is 11.3 Å². The van der Waals surface area contributed by atoms with E-state index in [1.54, 1.807) is 0 Å². The zero-order valence-electron chi connectivity index (χ0n) is 9.97. The molecule has 1 aromatic heterocycles. The van der Waals surface area contributed by atoms with Crippen molar-refractivity contribution in [2.75, 3.05) is 6.54 Å². The Hall–Kier alpha value is -1.23.